The molecule has 132 valence electrons. The highest BCUT2D eigenvalue weighted by molar-refractivity contribution is 6.32. The minimum atomic E-state index is 0.0731. The molecule has 0 aliphatic heterocycles. The summed E-state index contributed by atoms with van der Waals surface area (Å²) in [7, 11) is 0. The van der Waals surface area contributed by atoms with Gasteiger partial charge in [0.2, 0.25) is 0 Å². The van der Waals surface area contributed by atoms with Crippen molar-refractivity contribution in [1.29, 1.82) is 0 Å². The van der Waals surface area contributed by atoms with Crippen molar-refractivity contribution in [1.82, 2.24) is 0 Å². The summed E-state index contributed by atoms with van der Waals surface area (Å²) in [6.45, 7) is 2.81. The predicted octanol–water partition coefficient (Wildman–Crippen LogP) is 6.36. The molecular formula is C20H34ClNO. The minimum Gasteiger partial charge on any atom is -0.488 e. The van der Waals surface area contributed by atoms with Crippen LogP contribution in [0, 0.1) is 0 Å². The number of hydrogen-bond acceptors (Lipinski definition) is 2. The van der Waals surface area contributed by atoms with Crippen molar-refractivity contribution in [3.8, 4) is 5.75 Å². The summed E-state index contributed by atoms with van der Waals surface area (Å²) < 4.78 is 5.92. The van der Waals surface area contributed by atoms with Crippen LogP contribution in [0.5, 0.6) is 5.75 Å². The van der Waals surface area contributed by atoms with Crippen molar-refractivity contribution in [2.45, 2.75) is 83.7 Å². The van der Waals surface area contributed by atoms with Gasteiger partial charge in [-0.1, -0.05) is 88.4 Å². The summed E-state index contributed by atoms with van der Waals surface area (Å²) in [5, 5.41) is 0.661. The third-order valence-electron chi connectivity index (χ3n) is 4.27. The molecule has 1 atom stereocenters. The molecule has 1 rings (SSSR count). The van der Waals surface area contributed by atoms with Gasteiger partial charge in [0, 0.05) is 6.54 Å². The van der Waals surface area contributed by atoms with Gasteiger partial charge in [0.15, 0.2) is 0 Å². The van der Waals surface area contributed by atoms with E-state index < -0.39 is 0 Å². The first-order valence-electron chi connectivity index (χ1n) is 9.39. The van der Waals surface area contributed by atoms with Gasteiger partial charge in [0.05, 0.1) is 5.02 Å². The Morgan fingerprint density at radius 1 is 0.913 bits per heavy atom. The Morgan fingerprint density at radius 2 is 1.48 bits per heavy atom. The monoisotopic (exact) mass is 339 g/mol. The van der Waals surface area contributed by atoms with Gasteiger partial charge in [-0.3, -0.25) is 0 Å². The zero-order chi connectivity index (χ0) is 16.8. The second-order valence-electron chi connectivity index (χ2n) is 6.38. The van der Waals surface area contributed by atoms with Crippen molar-refractivity contribution < 1.29 is 4.74 Å². The van der Waals surface area contributed by atoms with E-state index in [2.05, 4.69) is 6.92 Å². The second-order valence-corrected chi connectivity index (χ2v) is 6.78. The quantitative estimate of drug-likeness (QED) is 0.400. The van der Waals surface area contributed by atoms with E-state index in [9.17, 15) is 0 Å². The van der Waals surface area contributed by atoms with Gasteiger partial charge in [0.25, 0.3) is 0 Å². The SMILES string of the molecule is CCCCCCCCCCCCC(CN)Oc1ccccc1Cl. The molecule has 0 radical (unpaired) electrons. The van der Waals surface area contributed by atoms with Gasteiger partial charge < -0.3 is 10.5 Å². The predicted molar refractivity (Wildman–Crippen MR) is 101 cm³/mol. The van der Waals surface area contributed by atoms with Crippen molar-refractivity contribution in [2.24, 2.45) is 5.73 Å². The van der Waals surface area contributed by atoms with Crippen molar-refractivity contribution in [3.05, 3.63) is 29.3 Å². The van der Waals surface area contributed by atoms with Crippen LogP contribution < -0.4 is 10.5 Å². The molecule has 1 aromatic rings. The Kier molecular flexibility index (Phi) is 12.1. The van der Waals surface area contributed by atoms with Gasteiger partial charge in [0.1, 0.15) is 11.9 Å². The summed E-state index contributed by atoms with van der Waals surface area (Å²) in [4.78, 5) is 0. The Hall–Kier alpha value is -0.730. The second kappa shape index (κ2) is 13.7. The largest absolute Gasteiger partial charge is 0.488 e. The van der Waals surface area contributed by atoms with Gasteiger partial charge >= 0.3 is 0 Å². The van der Waals surface area contributed by atoms with Crippen LogP contribution in [-0.4, -0.2) is 12.6 Å². The van der Waals surface area contributed by atoms with Crippen LogP contribution in [0.25, 0.3) is 0 Å². The summed E-state index contributed by atoms with van der Waals surface area (Å²) >= 11 is 6.12. The smallest absolute Gasteiger partial charge is 0.138 e. The third-order valence-corrected chi connectivity index (χ3v) is 4.59. The molecule has 3 heteroatoms. The molecule has 0 fully saturated rings. The lowest BCUT2D eigenvalue weighted by Crippen LogP contribution is -2.26. The van der Waals surface area contributed by atoms with Crippen LogP contribution in [0.3, 0.4) is 0 Å². The average Bonchev–Trinajstić information content (AvgIpc) is 2.57. The fourth-order valence-corrected chi connectivity index (χ4v) is 2.98. The minimum absolute atomic E-state index is 0.0731. The summed E-state index contributed by atoms with van der Waals surface area (Å²) in [6.07, 6.45) is 14.6. The first kappa shape index (κ1) is 20.3. The van der Waals surface area contributed by atoms with Gasteiger partial charge in [-0.25, -0.2) is 0 Å². The number of unbranched alkanes of at least 4 members (excludes halogenated alkanes) is 9. The Balaban J connectivity index is 2.04. The molecule has 0 saturated carbocycles. The fraction of sp³-hybridized carbons (Fsp3) is 0.700. The average molecular weight is 340 g/mol. The summed E-state index contributed by atoms with van der Waals surface area (Å²) in [5.41, 5.74) is 5.82. The molecule has 0 aliphatic carbocycles. The van der Waals surface area contributed by atoms with E-state index in [-0.39, 0.29) is 6.10 Å². The molecule has 0 aromatic heterocycles. The molecule has 1 aromatic carbocycles. The van der Waals surface area contributed by atoms with Gasteiger partial charge in [-0.05, 0) is 25.0 Å². The highest BCUT2D eigenvalue weighted by Gasteiger charge is 2.10. The van der Waals surface area contributed by atoms with E-state index in [1.807, 2.05) is 24.3 Å². The van der Waals surface area contributed by atoms with Crippen LogP contribution in [-0.2, 0) is 0 Å². The van der Waals surface area contributed by atoms with Crippen molar-refractivity contribution in [3.63, 3.8) is 0 Å². The van der Waals surface area contributed by atoms with E-state index in [4.69, 9.17) is 22.1 Å². The number of nitrogens with two attached hydrogens (primary N) is 1. The lowest BCUT2D eigenvalue weighted by Gasteiger charge is -2.18. The molecule has 2 nitrogen and oxygen atoms in total. The number of para-hydroxylation sites is 1. The number of halogens is 1. The summed E-state index contributed by atoms with van der Waals surface area (Å²) in [5.74, 6) is 0.747. The van der Waals surface area contributed by atoms with Crippen LogP contribution in [0.15, 0.2) is 24.3 Å². The van der Waals surface area contributed by atoms with E-state index in [0.717, 1.165) is 12.2 Å². The molecule has 0 saturated heterocycles. The molecule has 23 heavy (non-hydrogen) atoms. The topological polar surface area (TPSA) is 35.2 Å². The number of rotatable bonds is 14. The van der Waals surface area contributed by atoms with E-state index in [1.54, 1.807) is 0 Å². The van der Waals surface area contributed by atoms with Gasteiger partial charge in [-0.2, -0.15) is 0 Å². The lowest BCUT2D eigenvalue weighted by atomic mass is 10.0. The highest BCUT2D eigenvalue weighted by Crippen LogP contribution is 2.25. The van der Waals surface area contributed by atoms with Crippen LogP contribution >= 0.6 is 11.6 Å². The Labute approximate surface area is 147 Å². The molecule has 0 aliphatic rings. The van der Waals surface area contributed by atoms with Gasteiger partial charge in [-0.15, -0.1) is 0 Å². The standard InChI is InChI=1S/C20H34ClNO/c1-2-3-4-5-6-7-8-9-10-11-14-18(17-22)23-20-16-13-12-15-19(20)21/h12-13,15-16,18H,2-11,14,17,22H2,1H3. The molecule has 0 bridgehead atoms. The lowest BCUT2D eigenvalue weighted by molar-refractivity contribution is 0.194. The normalized spacial score (nSPS) is 12.3. The van der Waals surface area contributed by atoms with Crippen molar-refractivity contribution >= 4 is 11.6 Å². The number of hydrogen-bond donors (Lipinski definition) is 1. The molecule has 0 spiro atoms. The third kappa shape index (κ3) is 9.88. The van der Waals surface area contributed by atoms with E-state index >= 15 is 0 Å². The molecule has 0 amide bonds. The summed E-state index contributed by atoms with van der Waals surface area (Å²) in [6, 6.07) is 7.61. The van der Waals surface area contributed by atoms with E-state index in [0.29, 0.717) is 11.6 Å². The van der Waals surface area contributed by atoms with Crippen LogP contribution in [0.4, 0.5) is 0 Å². The van der Waals surface area contributed by atoms with E-state index in [1.165, 1.54) is 64.2 Å². The molecule has 2 N–H and O–H groups in total. The number of benzene rings is 1. The van der Waals surface area contributed by atoms with Crippen LogP contribution in [0.2, 0.25) is 5.02 Å². The zero-order valence-corrected chi connectivity index (χ0v) is 15.5. The maximum Gasteiger partial charge on any atom is 0.138 e. The fourth-order valence-electron chi connectivity index (χ4n) is 2.80. The first-order chi connectivity index (χ1) is 11.3. The maximum atomic E-state index is 6.12. The first-order valence-corrected chi connectivity index (χ1v) is 9.77. The number of ether oxygens (including phenoxy) is 1. The Morgan fingerprint density at radius 3 is 2.04 bits per heavy atom. The zero-order valence-electron chi connectivity index (χ0n) is 14.7. The highest BCUT2D eigenvalue weighted by atomic mass is 35.5. The molecule has 0 heterocycles. The molecular weight excluding hydrogens is 306 g/mol. The maximum absolute atomic E-state index is 6.12. The molecule has 1 unspecified atom stereocenters. The van der Waals surface area contributed by atoms with Crippen LogP contribution in [0.1, 0.15) is 77.6 Å². The van der Waals surface area contributed by atoms with Crippen molar-refractivity contribution in [2.75, 3.05) is 6.54 Å². The Bertz CT molecular complexity index is 397.